The van der Waals surface area contributed by atoms with Gasteiger partial charge >= 0.3 is 0 Å². The summed E-state index contributed by atoms with van der Waals surface area (Å²) in [6.45, 7) is 0. The number of hydrogen-bond donors (Lipinski definition) is 0. The standard InChI is InChI=1S/C10H13ClF2O2S/c11-16(14,15)7-1-8(2-7)3-9(4-8)5-10(12,13)6-9/h7H,1-6H2. The molecule has 2 spiro atoms. The average molecular weight is 271 g/mol. The largest absolute Gasteiger partial charge is 0.249 e. The van der Waals surface area contributed by atoms with Crippen LogP contribution in [0.4, 0.5) is 8.78 Å². The van der Waals surface area contributed by atoms with E-state index in [1.165, 1.54) is 0 Å². The van der Waals surface area contributed by atoms with Crippen molar-refractivity contribution in [2.24, 2.45) is 10.8 Å². The lowest BCUT2D eigenvalue weighted by Gasteiger charge is -2.67. The number of halogens is 3. The van der Waals surface area contributed by atoms with Crippen LogP contribution in [0.5, 0.6) is 0 Å². The summed E-state index contributed by atoms with van der Waals surface area (Å²) in [4.78, 5) is 0. The second kappa shape index (κ2) is 2.74. The third-order valence-electron chi connectivity index (χ3n) is 4.49. The lowest BCUT2D eigenvalue weighted by molar-refractivity contribution is -0.245. The van der Waals surface area contributed by atoms with Crippen molar-refractivity contribution in [3.63, 3.8) is 0 Å². The van der Waals surface area contributed by atoms with Gasteiger partial charge in [0.1, 0.15) is 0 Å². The molecule has 3 aliphatic rings. The first-order valence-electron chi connectivity index (χ1n) is 5.45. The van der Waals surface area contributed by atoms with Crippen LogP contribution in [0.25, 0.3) is 0 Å². The highest BCUT2D eigenvalue weighted by Crippen LogP contribution is 2.74. The Bertz CT molecular complexity index is 422. The van der Waals surface area contributed by atoms with Crippen molar-refractivity contribution in [2.75, 3.05) is 0 Å². The molecule has 3 aliphatic carbocycles. The second-order valence-corrected chi connectivity index (χ2v) is 8.98. The minimum atomic E-state index is -3.44. The first kappa shape index (κ1) is 11.2. The molecule has 3 fully saturated rings. The summed E-state index contributed by atoms with van der Waals surface area (Å²) in [5, 5.41) is -0.438. The molecule has 0 atom stereocenters. The van der Waals surface area contributed by atoms with Gasteiger partial charge in [0.2, 0.25) is 15.0 Å². The van der Waals surface area contributed by atoms with E-state index >= 15 is 0 Å². The van der Waals surface area contributed by atoms with Gasteiger partial charge in [-0.3, -0.25) is 0 Å². The first-order chi connectivity index (χ1) is 7.14. The minimum Gasteiger partial charge on any atom is -0.212 e. The van der Waals surface area contributed by atoms with E-state index in [2.05, 4.69) is 0 Å². The Hall–Kier alpha value is 0.1000. The monoisotopic (exact) mass is 270 g/mol. The third kappa shape index (κ3) is 1.50. The van der Waals surface area contributed by atoms with Crippen LogP contribution >= 0.6 is 10.7 Å². The van der Waals surface area contributed by atoms with E-state index in [1.54, 1.807) is 0 Å². The summed E-state index contributed by atoms with van der Waals surface area (Å²) in [6.07, 6.45) is 2.70. The van der Waals surface area contributed by atoms with Crippen LogP contribution in [-0.4, -0.2) is 19.6 Å². The minimum absolute atomic E-state index is 0.0000413. The second-order valence-electron chi connectivity index (χ2n) is 6.07. The van der Waals surface area contributed by atoms with Crippen molar-refractivity contribution in [1.82, 2.24) is 0 Å². The van der Waals surface area contributed by atoms with Crippen LogP contribution in [0.15, 0.2) is 0 Å². The SMILES string of the molecule is O=S(=O)(Cl)C1CC2(C1)CC1(CC(F)(F)C1)C2. The van der Waals surface area contributed by atoms with Gasteiger partial charge < -0.3 is 0 Å². The van der Waals surface area contributed by atoms with Gasteiger partial charge in [-0.2, -0.15) is 0 Å². The number of hydrogen-bond acceptors (Lipinski definition) is 2. The molecule has 16 heavy (non-hydrogen) atoms. The van der Waals surface area contributed by atoms with E-state index < -0.39 is 20.2 Å². The van der Waals surface area contributed by atoms with Gasteiger partial charge in [0, 0.05) is 23.5 Å². The maximum absolute atomic E-state index is 12.8. The number of rotatable bonds is 1. The fourth-order valence-corrected chi connectivity index (χ4v) is 5.71. The first-order valence-corrected chi connectivity index (χ1v) is 7.83. The lowest BCUT2D eigenvalue weighted by Crippen LogP contribution is -2.63. The molecule has 2 nitrogen and oxygen atoms in total. The summed E-state index contributed by atoms with van der Waals surface area (Å²) in [5.41, 5.74) is -0.131. The third-order valence-corrected chi connectivity index (χ3v) is 6.37. The highest BCUT2D eigenvalue weighted by molar-refractivity contribution is 8.14. The average Bonchev–Trinajstić information content (AvgIpc) is 1.86. The quantitative estimate of drug-likeness (QED) is 0.687. The molecule has 0 amide bonds. The smallest absolute Gasteiger partial charge is 0.212 e. The predicted molar refractivity (Wildman–Crippen MR) is 56.1 cm³/mol. The Morgan fingerprint density at radius 3 is 1.88 bits per heavy atom. The summed E-state index contributed by atoms with van der Waals surface area (Å²) >= 11 is 0. The van der Waals surface area contributed by atoms with E-state index in [4.69, 9.17) is 10.7 Å². The molecule has 0 aliphatic heterocycles. The molecule has 0 aromatic carbocycles. The lowest BCUT2D eigenvalue weighted by atomic mass is 9.39. The molecular formula is C10H13ClF2O2S. The van der Waals surface area contributed by atoms with Gasteiger partial charge in [0.15, 0.2) is 0 Å². The normalized spacial score (nSPS) is 34.2. The molecule has 0 aromatic heterocycles. The molecule has 0 unspecified atom stereocenters. The summed E-state index contributed by atoms with van der Waals surface area (Å²) in [7, 11) is 1.82. The molecule has 0 radical (unpaired) electrons. The molecule has 3 saturated carbocycles. The Morgan fingerprint density at radius 2 is 1.50 bits per heavy atom. The Balaban J connectivity index is 1.57. The molecule has 0 aromatic rings. The van der Waals surface area contributed by atoms with Crippen molar-refractivity contribution in [3.8, 4) is 0 Å². The summed E-state index contributed by atoms with van der Waals surface area (Å²) < 4.78 is 47.6. The van der Waals surface area contributed by atoms with E-state index in [9.17, 15) is 17.2 Å². The van der Waals surface area contributed by atoms with Crippen molar-refractivity contribution in [2.45, 2.75) is 49.7 Å². The molecule has 92 valence electrons. The van der Waals surface area contributed by atoms with Crippen LogP contribution < -0.4 is 0 Å². The maximum atomic E-state index is 12.8. The highest BCUT2D eigenvalue weighted by atomic mass is 35.7. The Morgan fingerprint density at radius 1 is 1.00 bits per heavy atom. The fraction of sp³-hybridized carbons (Fsp3) is 1.00. The molecular weight excluding hydrogens is 258 g/mol. The van der Waals surface area contributed by atoms with Crippen molar-refractivity contribution in [3.05, 3.63) is 0 Å². The molecule has 6 heteroatoms. The van der Waals surface area contributed by atoms with Crippen LogP contribution in [0, 0.1) is 10.8 Å². The van der Waals surface area contributed by atoms with Crippen molar-refractivity contribution >= 4 is 19.7 Å². The zero-order valence-corrected chi connectivity index (χ0v) is 10.3. The zero-order chi connectivity index (χ0) is 11.8. The van der Waals surface area contributed by atoms with E-state index in [0.29, 0.717) is 12.8 Å². The predicted octanol–water partition coefficient (Wildman–Crippen LogP) is 2.91. The molecule has 0 saturated heterocycles. The molecule has 0 N–H and O–H groups in total. The van der Waals surface area contributed by atoms with Crippen molar-refractivity contribution < 1.29 is 17.2 Å². The van der Waals surface area contributed by atoms with Gasteiger partial charge in [-0.05, 0) is 36.5 Å². The molecule has 0 heterocycles. The Kier molecular flexibility index (Phi) is 1.92. The fourth-order valence-electron chi connectivity index (χ4n) is 4.23. The van der Waals surface area contributed by atoms with Crippen LogP contribution in [0.1, 0.15) is 38.5 Å². The van der Waals surface area contributed by atoms with Gasteiger partial charge in [-0.1, -0.05) is 0 Å². The van der Waals surface area contributed by atoms with Gasteiger partial charge in [0.05, 0.1) is 5.25 Å². The van der Waals surface area contributed by atoms with Gasteiger partial charge in [-0.15, -0.1) is 0 Å². The van der Waals surface area contributed by atoms with E-state index in [-0.39, 0.29) is 23.7 Å². The van der Waals surface area contributed by atoms with Crippen molar-refractivity contribution in [1.29, 1.82) is 0 Å². The molecule has 3 rings (SSSR count). The van der Waals surface area contributed by atoms with E-state index in [0.717, 1.165) is 12.8 Å². The number of alkyl halides is 2. The topological polar surface area (TPSA) is 34.1 Å². The zero-order valence-electron chi connectivity index (χ0n) is 8.68. The molecule has 0 bridgehead atoms. The highest BCUT2D eigenvalue weighted by Gasteiger charge is 2.69. The van der Waals surface area contributed by atoms with Gasteiger partial charge in [-0.25, -0.2) is 17.2 Å². The van der Waals surface area contributed by atoms with Crippen LogP contribution in [0.3, 0.4) is 0 Å². The summed E-state index contributed by atoms with van der Waals surface area (Å²) in [6, 6.07) is 0. The summed E-state index contributed by atoms with van der Waals surface area (Å²) in [5.74, 6) is -2.47. The van der Waals surface area contributed by atoms with Crippen LogP contribution in [-0.2, 0) is 9.05 Å². The van der Waals surface area contributed by atoms with Crippen LogP contribution in [0.2, 0.25) is 0 Å². The Labute approximate surface area is 97.8 Å². The van der Waals surface area contributed by atoms with E-state index in [1.807, 2.05) is 0 Å². The van der Waals surface area contributed by atoms with Gasteiger partial charge in [0.25, 0.3) is 0 Å². The maximum Gasteiger partial charge on any atom is 0.249 e.